The smallest absolute Gasteiger partial charge is 0.225 e. The minimum Gasteiger partial charge on any atom is -0.361 e. The highest BCUT2D eigenvalue weighted by Crippen LogP contribution is 2.29. The van der Waals surface area contributed by atoms with Crippen LogP contribution in [0.4, 0.5) is 0 Å². The van der Waals surface area contributed by atoms with Crippen molar-refractivity contribution in [3.05, 3.63) is 35.0 Å². The molecule has 0 bridgehead atoms. The second-order valence-corrected chi connectivity index (χ2v) is 7.87. The van der Waals surface area contributed by atoms with Crippen molar-refractivity contribution in [1.82, 2.24) is 15.2 Å². The van der Waals surface area contributed by atoms with Crippen molar-refractivity contribution in [1.29, 1.82) is 0 Å². The van der Waals surface area contributed by atoms with Crippen LogP contribution in [0.2, 0.25) is 5.02 Å². The molecule has 1 aliphatic carbocycles. The lowest BCUT2D eigenvalue weighted by atomic mass is 10.1. The van der Waals surface area contributed by atoms with Crippen molar-refractivity contribution < 1.29 is 9.59 Å². The van der Waals surface area contributed by atoms with Crippen LogP contribution in [0.1, 0.15) is 37.7 Å². The molecule has 1 saturated carbocycles. The quantitative estimate of drug-likeness (QED) is 0.844. The summed E-state index contributed by atoms with van der Waals surface area (Å²) in [4.78, 5) is 29.9. The number of fused-ring (bicyclic) bond motifs is 1. The summed E-state index contributed by atoms with van der Waals surface area (Å²) in [6.07, 6.45) is 7.62. The van der Waals surface area contributed by atoms with Crippen LogP contribution in [0.15, 0.2) is 24.4 Å². The maximum absolute atomic E-state index is 12.5. The Morgan fingerprint density at radius 1 is 1.31 bits per heavy atom. The lowest BCUT2D eigenvalue weighted by Gasteiger charge is -2.23. The minimum absolute atomic E-state index is 0.00304. The van der Waals surface area contributed by atoms with E-state index in [4.69, 9.17) is 11.6 Å². The van der Waals surface area contributed by atoms with E-state index < -0.39 is 0 Å². The fraction of sp³-hybridized carbons (Fsp3) is 0.500. The van der Waals surface area contributed by atoms with Crippen LogP contribution in [0.5, 0.6) is 0 Å². The van der Waals surface area contributed by atoms with Gasteiger partial charge in [-0.25, -0.2) is 0 Å². The van der Waals surface area contributed by atoms with E-state index in [1.807, 2.05) is 29.3 Å². The number of rotatable bonds is 5. The summed E-state index contributed by atoms with van der Waals surface area (Å²) in [7, 11) is 0. The molecule has 2 N–H and O–H groups in total. The SMILES string of the molecule is O=C(NCCc1c[nH]c2ccc(Cl)cc12)[C@@H]1CC(=O)N(C2CCCC2)C1. The first-order valence-electron chi connectivity index (χ1n) is 9.44. The van der Waals surface area contributed by atoms with Gasteiger partial charge in [0.2, 0.25) is 11.8 Å². The highest BCUT2D eigenvalue weighted by atomic mass is 35.5. The molecule has 0 unspecified atom stereocenters. The number of carbonyl (C=O) groups excluding carboxylic acids is 2. The highest BCUT2D eigenvalue weighted by molar-refractivity contribution is 6.31. The number of hydrogen-bond donors (Lipinski definition) is 2. The first-order chi connectivity index (χ1) is 12.6. The van der Waals surface area contributed by atoms with Gasteiger partial charge in [-0.3, -0.25) is 9.59 Å². The van der Waals surface area contributed by atoms with Gasteiger partial charge >= 0.3 is 0 Å². The van der Waals surface area contributed by atoms with E-state index in [9.17, 15) is 9.59 Å². The third-order valence-corrected chi connectivity index (χ3v) is 5.95. The molecule has 2 fully saturated rings. The van der Waals surface area contributed by atoms with Crippen LogP contribution in [0, 0.1) is 5.92 Å². The van der Waals surface area contributed by atoms with Crippen molar-refractivity contribution in [3.8, 4) is 0 Å². The lowest BCUT2D eigenvalue weighted by Crippen LogP contribution is -2.37. The number of aromatic nitrogens is 1. The number of hydrogen-bond acceptors (Lipinski definition) is 2. The summed E-state index contributed by atoms with van der Waals surface area (Å²) < 4.78 is 0. The first kappa shape index (κ1) is 17.4. The Morgan fingerprint density at radius 3 is 2.92 bits per heavy atom. The number of halogens is 1. The molecule has 5 nitrogen and oxygen atoms in total. The summed E-state index contributed by atoms with van der Waals surface area (Å²) in [6, 6.07) is 6.12. The molecule has 1 saturated heterocycles. The van der Waals surface area contributed by atoms with Gasteiger partial charge in [-0.15, -0.1) is 0 Å². The zero-order valence-corrected chi connectivity index (χ0v) is 15.5. The molecule has 2 amide bonds. The number of benzene rings is 1. The molecule has 4 rings (SSSR count). The summed E-state index contributed by atoms with van der Waals surface area (Å²) in [5, 5.41) is 4.81. The van der Waals surface area contributed by atoms with Crippen LogP contribution in [0.25, 0.3) is 10.9 Å². The number of aromatic amines is 1. The van der Waals surface area contributed by atoms with Gasteiger partial charge in [-0.05, 0) is 43.0 Å². The molecule has 1 aromatic carbocycles. The van der Waals surface area contributed by atoms with Crippen molar-refractivity contribution in [3.63, 3.8) is 0 Å². The molecule has 2 aromatic rings. The Hall–Kier alpha value is -2.01. The number of H-pyrrole nitrogens is 1. The molecular formula is C20H24ClN3O2. The van der Waals surface area contributed by atoms with E-state index in [1.54, 1.807) is 0 Å². The summed E-state index contributed by atoms with van der Waals surface area (Å²) in [5.41, 5.74) is 2.18. The molecule has 26 heavy (non-hydrogen) atoms. The topological polar surface area (TPSA) is 65.2 Å². The summed E-state index contributed by atoms with van der Waals surface area (Å²) in [6.45, 7) is 1.14. The van der Waals surface area contributed by atoms with Gasteiger partial charge in [-0.1, -0.05) is 24.4 Å². The number of likely N-dealkylation sites (tertiary alicyclic amines) is 1. The molecule has 1 aliphatic heterocycles. The molecule has 138 valence electrons. The van der Waals surface area contributed by atoms with Crippen LogP contribution in [-0.4, -0.2) is 40.8 Å². The number of amides is 2. The highest BCUT2D eigenvalue weighted by Gasteiger charge is 2.38. The first-order valence-corrected chi connectivity index (χ1v) is 9.82. The van der Waals surface area contributed by atoms with Crippen LogP contribution < -0.4 is 5.32 Å². The van der Waals surface area contributed by atoms with Gasteiger partial charge in [0, 0.05) is 47.7 Å². The molecular weight excluding hydrogens is 350 g/mol. The summed E-state index contributed by atoms with van der Waals surface area (Å²) in [5.74, 6) is -0.0689. The van der Waals surface area contributed by atoms with Gasteiger partial charge in [-0.2, -0.15) is 0 Å². The number of carbonyl (C=O) groups is 2. The molecule has 2 aliphatic rings. The third-order valence-electron chi connectivity index (χ3n) is 5.72. The molecule has 1 aromatic heterocycles. The van der Waals surface area contributed by atoms with E-state index in [0.717, 1.165) is 35.7 Å². The second kappa shape index (κ2) is 7.31. The Kier molecular flexibility index (Phi) is 4.90. The van der Waals surface area contributed by atoms with Crippen molar-refractivity contribution in [2.45, 2.75) is 44.6 Å². The fourth-order valence-corrected chi connectivity index (χ4v) is 4.47. The van der Waals surface area contributed by atoms with Gasteiger partial charge in [0.25, 0.3) is 0 Å². The Bertz CT molecular complexity index is 826. The second-order valence-electron chi connectivity index (χ2n) is 7.43. The summed E-state index contributed by atoms with van der Waals surface area (Å²) >= 11 is 6.08. The Labute approximate surface area is 158 Å². The number of nitrogens with zero attached hydrogens (tertiary/aromatic N) is 1. The van der Waals surface area contributed by atoms with Gasteiger partial charge in [0.15, 0.2) is 0 Å². The van der Waals surface area contributed by atoms with Gasteiger partial charge < -0.3 is 15.2 Å². The maximum Gasteiger partial charge on any atom is 0.225 e. The van der Waals surface area contributed by atoms with Gasteiger partial charge in [0.05, 0.1) is 5.92 Å². The van der Waals surface area contributed by atoms with E-state index in [1.165, 1.54) is 12.8 Å². The largest absolute Gasteiger partial charge is 0.361 e. The van der Waals surface area contributed by atoms with Crippen LogP contribution in [-0.2, 0) is 16.0 Å². The Balaban J connectivity index is 1.31. The monoisotopic (exact) mass is 373 g/mol. The van der Waals surface area contributed by atoms with Crippen LogP contribution >= 0.6 is 11.6 Å². The minimum atomic E-state index is -0.208. The fourth-order valence-electron chi connectivity index (χ4n) is 4.30. The predicted molar refractivity (Wildman–Crippen MR) is 102 cm³/mol. The lowest BCUT2D eigenvalue weighted by molar-refractivity contribution is -0.130. The maximum atomic E-state index is 12.5. The van der Waals surface area contributed by atoms with Crippen LogP contribution in [0.3, 0.4) is 0 Å². The normalized spacial score (nSPS) is 21.0. The molecule has 2 heterocycles. The van der Waals surface area contributed by atoms with E-state index >= 15 is 0 Å². The van der Waals surface area contributed by atoms with Crippen molar-refractivity contribution in [2.24, 2.45) is 5.92 Å². The van der Waals surface area contributed by atoms with E-state index in [-0.39, 0.29) is 17.7 Å². The van der Waals surface area contributed by atoms with Gasteiger partial charge in [0.1, 0.15) is 0 Å². The molecule has 6 heteroatoms. The van der Waals surface area contributed by atoms with Crippen molar-refractivity contribution in [2.75, 3.05) is 13.1 Å². The van der Waals surface area contributed by atoms with Crippen molar-refractivity contribution >= 4 is 34.3 Å². The average molecular weight is 374 g/mol. The third kappa shape index (κ3) is 3.45. The molecule has 0 spiro atoms. The zero-order chi connectivity index (χ0) is 18.1. The standard InChI is InChI=1S/C20H24ClN3O2/c21-15-5-6-18-17(10-15)13(11-23-18)7-8-22-20(26)14-9-19(25)24(12-14)16-3-1-2-4-16/h5-6,10-11,14,16,23H,1-4,7-9,12H2,(H,22,26)/t14-/m1/s1. The Morgan fingerprint density at radius 2 is 2.12 bits per heavy atom. The molecule has 0 radical (unpaired) electrons. The van der Waals surface area contributed by atoms with E-state index in [0.29, 0.717) is 30.6 Å². The molecule has 1 atom stereocenters. The zero-order valence-electron chi connectivity index (χ0n) is 14.8. The van der Waals surface area contributed by atoms with E-state index in [2.05, 4.69) is 10.3 Å². The number of nitrogens with one attached hydrogen (secondary N) is 2. The predicted octanol–water partition coefficient (Wildman–Crippen LogP) is 3.27. The average Bonchev–Trinajstić information content (AvgIpc) is 3.34.